The molecule has 0 atom stereocenters. The van der Waals surface area contributed by atoms with E-state index in [-0.39, 0.29) is 5.82 Å². The molecule has 1 aliphatic rings. The highest BCUT2D eigenvalue weighted by Gasteiger charge is 2.30. The quantitative estimate of drug-likeness (QED) is 0.844. The Hall–Kier alpha value is -1.83. The van der Waals surface area contributed by atoms with Crippen LogP contribution in [0.1, 0.15) is 35.4 Å². The van der Waals surface area contributed by atoms with Crippen LogP contribution in [-0.4, -0.2) is 6.04 Å². The molecular formula is C18H20FN. The SMILES string of the molecule is Cc1cc(C)cc(NC2CC(c3ccc(F)cc3)C2)c1. The van der Waals surface area contributed by atoms with E-state index in [2.05, 4.69) is 37.4 Å². The standard InChI is InChI=1S/C18H20FN/c1-12-7-13(2)9-17(8-12)20-18-10-15(11-18)14-3-5-16(19)6-4-14/h3-9,15,18,20H,10-11H2,1-2H3. The van der Waals surface area contributed by atoms with Crippen molar-refractivity contribution in [2.75, 3.05) is 5.32 Å². The third kappa shape index (κ3) is 2.84. The van der Waals surface area contributed by atoms with Gasteiger partial charge >= 0.3 is 0 Å². The number of aryl methyl sites for hydroxylation is 2. The Balaban J connectivity index is 1.59. The molecule has 0 saturated heterocycles. The monoisotopic (exact) mass is 269 g/mol. The highest BCUT2D eigenvalue weighted by molar-refractivity contribution is 5.49. The summed E-state index contributed by atoms with van der Waals surface area (Å²) >= 11 is 0. The van der Waals surface area contributed by atoms with E-state index in [9.17, 15) is 4.39 Å². The minimum absolute atomic E-state index is 0.155. The van der Waals surface area contributed by atoms with Crippen molar-refractivity contribution >= 4 is 5.69 Å². The second-order valence-electron chi connectivity index (χ2n) is 5.94. The third-order valence-electron chi connectivity index (χ3n) is 4.07. The molecule has 1 nitrogen and oxygen atoms in total. The Labute approximate surface area is 119 Å². The van der Waals surface area contributed by atoms with E-state index < -0.39 is 0 Å². The summed E-state index contributed by atoms with van der Waals surface area (Å²) in [7, 11) is 0. The van der Waals surface area contributed by atoms with Crippen LogP contribution >= 0.6 is 0 Å². The topological polar surface area (TPSA) is 12.0 Å². The maximum Gasteiger partial charge on any atom is 0.123 e. The highest BCUT2D eigenvalue weighted by atomic mass is 19.1. The Bertz CT molecular complexity index is 577. The van der Waals surface area contributed by atoms with Crippen LogP contribution in [0.25, 0.3) is 0 Å². The number of rotatable bonds is 3. The summed E-state index contributed by atoms with van der Waals surface area (Å²) in [6, 6.07) is 14.0. The second-order valence-corrected chi connectivity index (χ2v) is 5.94. The minimum Gasteiger partial charge on any atom is -0.382 e. The molecule has 2 aromatic carbocycles. The molecule has 104 valence electrons. The molecule has 20 heavy (non-hydrogen) atoms. The molecular weight excluding hydrogens is 249 g/mol. The van der Waals surface area contributed by atoms with E-state index in [0.29, 0.717) is 12.0 Å². The molecule has 0 aliphatic heterocycles. The van der Waals surface area contributed by atoms with Gasteiger partial charge in [0.2, 0.25) is 0 Å². The van der Waals surface area contributed by atoms with Gasteiger partial charge < -0.3 is 5.32 Å². The van der Waals surface area contributed by atoms with Crippen molar-refractivity contribution in [1.82, 2.24) is 0 Å². The molecule has 3 rings (SSSR count). The van der Waals surface area contributed by atoms with E-state index in [1.807, 2.05) is 12.1 Å². The van der Waals surface area contributed by atoms with Crippen molar-refractivity contribution < 1.29 is 4.39 Å². The second kappa shape index (κ2) is 5.28. The van der Waals surface area contributed by atoms with Gasteiger partial charge in [-0.3, -0.25) is 0 Å². The van der Waals surface area contributed by atoms with Crippen LogP contribution in [0.3, 0.4) is 0 Å². The summed E-state index contributed by atoms with van der Waals surface area (Å²) in [4.78, 5) is 0. The number of anilines is 1. The van der Waals surface area contributed by atoms with Crippen LogP contribution < -0.4 is 5.32 Å². The molecule has 1 saturated carbocycles. The first-order valence-corrected chi connectivity index (χ1v) is 7.20. The fraction of sp³-hybridized carbons (Fsp3) is 0.333. The smallest absolute Gasteiger partial charge is 0.123 e. The van der Waals surface area contributed by atoms with E-state index in [4.69, 9.17) is 0 Å². The van der Waals surface area contributed by atoms with Crippen molar-refractivity contribution in [3.05, 3.63) is 65.0 Å². The van der Waals surface area contributed by atoms with E-state index in [1.54, 1.807) is 12.1 Å². The molecule has 1 aliphatic carbocycles. The van der Waals surface area contributed by atoms with Gasteiger partial charge in [0.25, 0.3) is 0 Å². The fourth-order valence-corrected chi connectivity index (χ4v) is 3.04. The van der Waals surface area contributed by atoms with Crippen LogP contribution in [0.2, 0.25) is 0 Å². The predicted octanol–water partition coefficient (Wildman–Crippen LogP) is 4.80. The van der Waals surface area contributed by atoms with Gasteiger partial charge in [-0.25, -0.2) is 4.39 Å². The average Bonchev–Trinajstić information content (AvgIpc) is 2.33. The van der Waals surface area contributed by atoms with Gasteiger partial charge in [-0.15, -0.1) is 0 Å². The van der Waals surface area contributed by atoms with Crippen molar-refractivity contribution in [2.45, 2.75) is 38.6 Å². The van der Waals surface area contributed by atoms with Gasteiger partial charge in [-0.2, -0.15) is 0 Å². The van der Waals surface area contributed by atoms with Crippen LogP contribution in [0.15, 0.2) is 42.5 Å². The molecule has 0 unspecified atom stereocenters. The van der Waals surface area contributed by atoms with Gasteiger partial charge in [0.15, 0.2) is 0 Å². The summed E-state index contributed by atoms with van der Waals surface area (Å²) in [5.74, 6) is 0.414. The number of benzene rings is 2. The van der Waals surface area contributed by atoms with Crippen LogP contribution in [0.4, 0.5) is 10.1 Å². The lowest BCUT2D eigenvalue weighted by molar-refractivity contribution is 0.374. The lowest BCUT2D eigenvalue weighted by Gasteiger charge is -2.37. The zero-order valence-corrected chi connectivity index (χ0v) is 12.0. The molecule has 0 amide bonds. The maximum atomic E-state index is 12.9. The molecule has 1 N–H and O–H groups in total. The van der Waals surface area contributed by atoms with E-state index in [0.717, 1.165) is 12.8 Å². The van der Waals surface area contributed by atoms with Crippen molar-refractivity contribution in [1.29, 1.82) is 0 Å². The average molecular weight is 269 g/mol. The van der Waals surface area contributed by atoms with Crippen molar-refractivity contribution in [3.63, 3.8) is 0 Å². The summed E-state index contributed by atoms with van der Waals surface area (Å²) in [5, 5.41) is 3.60. The van der Waals surface area contributed by atoms with Crippen LogP contribution in [0, 0.1) is 19.7 Å². The van der Waals surface area contributed by atoms with Crippen LogP contribution in [-0.2, 0) is 0 Å². The van der Waals surface area contributed by atoms with Crippen molar-refractivity contribution in [2.24, 2.45) is 0 Å². The number of hydrogen-bond donors (Lipinski definition) is 1. The number of halogens is 1. The first kappa shape index (κ1) is 13.2. The Morgan fingerprint density at radius 1 is 0.950 bits per heavy atom. The summed E-state index contributed by atoms with van der Waals surface area (Å²) < 4.78 is 12.9. The molecule has 2 heteroatoms. The zero-order chi connectivity index (χ0) is 14.1. The lowest BCUT2D eigenvalue weighted by atomic mass is 9.76. The first-order chi connectivity index (χ1) is 9.60. The number of hydrogen-bond acceptors (Lipinski definition) is 1. The number of nitrogens with one attached hydrogen (secondary N) is 1. The van der Waals surface area contributed by atoms with Gasteiger partial charge in [0, 0.05) is 11.7 Å². The molecule has 1 fully saturated rings. The zero-order valence-electron chi connectivity index (χ0n) is 12.0. The molecule has 0 bridgehead atoms. The summed E-state index contributed by atoms with van der Waals surface area (Å²) in [5.41, 5.74) is 5.05. The molecule has 2 aromatic rings. The van der Waals surface area contributed by atoms with E-state index >= 15 is 0 Å². The Kier molecular flexibility index (Phi) is 3.47. The Morgan fingerprint density at radius 3 is 2.15 bits per heavy atom. The first-order valence-electron chi connectivity index (χ1n) is 7.20. The molecule has 0 spiro atoms. The predicted molar refractivity (Wildman–Crippen MR) is 81.7 cm³/mol. The highest BCUT2D eigenvalue weighted by Crippen LogP contribution is 2.38. The summed E-state index contributed by atoms with van der Waals surface area (Å²) in [6.07, 6.45) is 2.25. The largest absolute Gasteiger partial charge is 0.382 e. The molecule has 0 heterocycles. The maximum absolute atomic E-state index is 12.9. The van der Waals surface area contributed by atoms with Gasteiger partial charge in [0.1, 0.15) is 5.82 Å². The fourth-order valence-electron chi connectivity index (χ4n) is 3.04. The minimum atomic E-state index is -0.155. The van der Waals surface area contributed by atoms with Crippen molar-refractivity contribution in [3.8, 4) is 0 Å². The lowest BCUT2D eigenvalue weighted by Crippen LogP contribution is -2.34. The van der Waals surface area contributed by atoms with Gasteiger partial charge in [0.05, 0.1) is 0 Å². The molecule has 0 aromatic heterocycles. The van der Waals surface area contributed by atoms with E-state index in [1.165, 1.54) is 22.4 Å². The molecule has 0 radical (unpaired) electrons. The van der Waals surface area contributed by atoms with Crippen LogP contribution in [0.5, 0.6) is 0 Å². The van der Waals surface area contributed by atoms with Gasteiger partial charge in [-0.05, 0) is 73.6 Å². The normalized spacial score (nSPS) is 21.4. The summed E-state index contributed by atoms with van der Waals surface area (Å²) in [6.45, 7) is 4.25. The third-order valence-corrected chi connectivity index (χ3v) is 4.07. The Morgan fingerprint density at radius 2 is 1.55 bits per heavy atom. The van der Waals surface area contributed by atoms with Gasteiger partial charge in [-0.1, -0.05) is 18.2 Å².